The molecule has 0 aromatic carbocycles. The zero-order chi connectivity index (χ0) is 18.4. The van der Waals surface area contributed by atoms with Crippen LogP contribution < -0.4 is 0 Å². The molecule has 6 nitrogen and oxygen atoms in total. The molecule has 0 saturated heterocycles. The number of hydrogen-bond acceptors (Lipinski definition) is 6. The van der Waals surface area contributed by atoms with Gasteiger partial charge >= 0.3 is 9.53 Å². The van der Waals surface area contributed by atoms with Gasteiger partial charge in [0, 0.05) is 19.8 Å². The second-order valence-corrected chi connectivity index (χ2v) is 7.38. The van der Waals surface area contributed by atoms with E-state index in [1.807, 2.05) is 0 Å². The Morgan fingerprint density at radius 1 is 0.440 bits per heavy atom. The van der Waals surface area contributed by atoms with Gasteiger partial charge in [0.2, 0.25) is 0 Å². The molecule has 0 amide bonds. The van der Waals surface area contributed by atoms with Crippen LogP contribution in [0.25, 0.3) is 0 Å². The highest BCUT2D eigenvalue weighted by Gasteiger charge is 2.15. The molecule has 0 rings (SSSR count). The molecular weight excluding hydrogens is 340 g/mol. The zero-order valence-corrected chi connectivity index (χ0v) is 17.8. The monoisotopic (exact) mass is 380 g/mol. The maximum atomic E-state index is 5.74. The van der Waals surface area contributed by atoms with Crippen LogP contribution in [0.15, 0.2) is 0 Å². The molecule has 0 heterocycles. The lowest BCUT2D eigenvalue weighted by molar-refractivity contribution is 0.0194. The van der Waals surface area contributed by atoms with E-state index in [1.165, 1.54) is 0 Å². The van der Waals surface area contributed by atoms with Crippen LogP contribution in [0.3, 0.4) is 0 Å². The molecular formula is C18H40O6Si. The van der Waals surface area contributed by atoms with Crippen LogP contribution in [0, 0.1) is 0 Å². The van der Waals surface area contributed by atoms with Gasteiger partial charge in [-0.25, -0.2) is 0 Å². The van der Waals surface area contributed by atoms with E-state index < -0.39 is 9.53 Å². The molecule has 7 heteroatoms. The summed E-state index contributed by atoms with van der Waals surface area (Å²) in [6.07, 6.45) is 6.66. The van der Waals surface area contributed by atoms with Gasteiger partial charge in [-0.15, -0.1) is 0 Å². The van der Waals surface area contributed by atoms with E-state index in [2.05, 4.69) is 20.8 Å². The Kier molecular flexibility index (Phi) is 22.0. The highest BCUT2D eigenvalue weighted by molar-refractivity contribution is 6.36. The Balaban J connectivity index is 3.76. The second-order valence-electron chi connectivity index (χ2n) is 5.80. The minimum Gasteiger partial charge on any atom is -0.379 e. The predicted octanol–water partition coefficient (Wildman–Crippen LogP) is 3.20. The third kappa shape index (κ3) is 20.1. The van der Waals surface area contributed by atoms with Crippen molar-refractivity contribution in [1.82, 2.24) is 0 Å². The first kappa shape index (κ1) is 25.0. The van der Waals surface area contributed by atoms with Gasteiger partial charge < -0.3 is 27.5 Å². The highest BCUT2D eigenvalue weighted by Crippen LogP contribution is 1.97. The van der Waals surface area contributed by atoms with E-state index in [9.17, 15) is 0 Å². The summed E-state index contributed by atoms with van der Waals surface area (Å²) >= 11 is 0. The summed E-state index contributed by atoms with van der Waals surface area (Å²) in [6, 6.07) is 0. The fraction of sp³-hybridized carbons (Fsp3) is 1.00. The average Bonchev–Trinajstić information content (AvgIpc) is 2.63. The topological polar surface area (TPSA) is 55.4 Å². The van der Waals surface area contributed by atoms with E-state index in [1.54, 1.807) is 0 Å². The number of rotatable bonds is 21. The SMILES string of the molecule is CCCCOCCO[SiH](OCCOCCCC)OCCOCCCC. The lowest BCUT2D eigenvalue weighted by Gasteiger charge is -2.17. The summed E-state index contributed by atoms with van der Waals surface area (Å²) in [6.45, 7) is 12.1. The smallest absolute Gasteiger partial charge is 0.379 e. The van der Waals surface area contributed by atoms with Crippen molar-refractivity contribution in [1.29, 1.82) is 0 Å². The van der Waals surface area contributed by atoms with Gasteiger partial charge in [-0.05, 0) is 19.3 Å². The first-order chi connectivity index (χ1) is 12.3. The lowest BCUT2D eigenvalue weighted by Crippen LogP contribution is -2.31. The largest absolute Gasteiger partial charge is 0.484 e. The summed E-state index contributed by atoms with van der Waals surface area (Å²) in [4.78, 5) is 0. The van der Waals surface area contributed by atoms with E-state index in [-0.39, 0.29) is 0 Å². The quantitative estimate of drug-likeness (QED) is 0.225. The van der Waals surface area contributed by atoms with Crippen molar-refractivity contribution in [2.45, 2.75) is 59.3 Å². The van der Waals surface area contributed by atoms with Gasteiger partial charge in [0.15, 0.2) is 0 Å². The molecule has 0 unspecified atom stereocenters. The lowest BCUT2D eigenvalue weighted by atomic mass is 10.4. The first-order valence-electron chi connectivity index (χ1n) is 9.93. The Bertz CT molecular complexity index is 208. The average molecular weight is 381 g/mol. The van der Waals surface area contributed by atoms with E-state index in [4.69, 9.17) is 27.5 Å². The molecule has 0 aliphatic carbocycles. The van der Waals surface area contributed by atoms with Gasteiger partial charge in [0.25, 0.3) is 0 Å². The van der Waals surface area contributed by atoms with Crippen molar-refractivity contribution in [2.75, 3.05) is 59.5 Å². The van der Waals surface area contributed by atoms with Gasteiger partial charge in [0.1, 0.15) is 0 Å². The third-order valence-electron chi connectivity index (χ3n) is 3.37. The highest BCUT2D eigenvalue weighted by atomic mass is 28.3. The van der Waals surface area contributed by atoms with Gasteiger partial charge in [0.05, 0.1) is 39.6 Å². The normalized spacial score (nSPS) is 11.5. The summed E-state index contributed by atoms with van der Waals surface area (Å²) in [7, 11) is -2.15. The van der Waals surface area contributed by atoms with Crippen LogP contribution in [0.5, 0.6) is 0 Å². The molecule has 152 valence electrons. The summed E-state index contributed by atoms with van der Waals surface area (Å²) in [5.41, 5.74) is 0. The van der Waals surface area contributed by atoms with Gasteiger partial charge in [-0.2, -0.15) is 0 Å². The van der Waals surface area contributed by atoms with Crippen molar-refractivity contribution >= 4 is 9.53 Å². The number of unbranched alkanes of at least 4 members (excludes halogenated alkanes) is 3. The van der Waals surface area contributed by atoms with Crippen LogP contribution in [0.2, 0.25) is 0 Å². The summed E-state index contributed by atoms with van der Waals surface area (Å²) in [5.74, 6) is 0. The van der Waals surface area contributed by atoms with E-state index >= 15 is 0 Å². The standard InChI is InChI=1S/C18H40O6Si/c1-4-7-10-19-13-16-22-25(23-17-14-20-11-8-5-2)24-18-15-21-12-9-6-3/h25H,4-18H2,1-3H3. The van der Waals surface area contributed by atoms with Crippen molar-refractivity contribution in [3.63, 3.8) is 0 Å². The molecule has 0 spiro atoms. The fourth-order valence-electron chi connectivity index (χ4n) is 1.80. The molecule has 0 aromatic heterocycles. The Labute approximate surface area is 156 Å². The molecule has 0 atom stereocenters. The third-order valence-corrected chi connectivity index (χ3v) is 4.90. The van der Waals surface area contributed by atoms with E-state index in [0.717, 1.165) is 58.3 Å². The Morgan fingerprint density at radius 2 is 0.760 bits per heavy atom. The van der Waals surface area contributed by atoms with Crippen LogP contribution in [-0.4, -0.2) is 69.0 Å². The molecule has 25 heavy (non-hydrogen) atoms. The molecule has 0 N–H and O–H groups in total. The van der Waals surface area contributed by atoms with Gasteiger partial charge in [-0.1, -0.05) is 40.0 Å². The molecule has 0 aromatic rings. The number of hydrogen-bond donors (Lipinski definition) is 0. The minimum atomic E-state index is -2.15. The van der Waals surface area contributed by atoms with Crippen LogP contribution in [-0.2, 0) is 27.5 Å². The summed E-state index contributed by atoms with van der Waals surface area (Å²) < 4.78 is 33.7. The van der Waals surface area contributed by atoms with Crippen molar-refractivity contribution in [3.05, 3.63) is 0 Å². The number of ether oxygens (including phenoxy) is 3. The maximum absolute atomic E-state index is 5.74. The summed E-state index contributed by atoms with van der Waals surface area (Å²) in [5, 5.41) is 0. The van der Waals surface area contributed by atoms with Crippen LogP contribution in [0.1, 0.15) is 59.3 Å². The fourth-order valence-corrected chi connectivity index (χ4v) is 2.95. The second kappa shape index (κ2) is 22.0. The minimum absolute atomic E-state index is 0.508. The van der Waals surface area contributed by atoms with Gasteiger partial charge in [-0.3, -0.25) is 0 Å². The molecule has 0 aliphatic heterocycles. The first-order valence-corrected chi connectivity index (χ1v) is 11.3. The Morgan fingerprint density at radius 3 is 1.04 bits per heavy atom. The molecule has 0 bridgehead atoms. The van der Waals surface area contributed by atoms with Crippen molar-refractivity contribution in [2.24, 2.45) is 0 Å². The molecule has 0 saturated carbocycles. The molecule has 0 radical (unpaired) electrons. The molecule has 0 fully saturated rings. The maximum Gasteiger partial charge on any atom is 0.484 e. The van der Waals surface area contributed by atoms with Crippen molar-refractivity contribution < 1.29 is 27.5 Å². The van der Waals surface area contributed by atoms with Crippen molar-refractivity contribution in [3.8, 4) is 0 Å². The molecule has 0 aliphatic rings. The van der Waals surface area contributed by atoms with E-state index in [0.29, 0.717) is 39.6 Å². The zero-order valence-electron chi connectivity index (χ0n) is 16.6. The Hall–Kier alpha value is -0.0231. The predicted molar refractivity (Wildman–Crippen MR) is 102 cm³/mol. The van der Waals surface area contributed by atoms with Crippen LogP contribution >= 0.6 is 0 Å². The van der Waals surface area contributed by atoms with Crippen LogP contribution in [0.4, 0.5) is 0 Å².